The highest BCUT2D eigenvalue weighted by Gasteiger charge is 2.33. The van der Waals surface area contributed by atoms with E-state index in [1.807, 2.05) is 42.5 Å². The number of carbonyl (C=O) groups is 2. The Morgan fingerprint density at radius 3 is 2.59 bits per heavy atom. The van der Waals surface area contributed by atoms with Gasteiger partial charge in [-0.05, 0) is 29.5 Å². The van der Waals surface area contributed by atoms with Gasteiger partial charge in [-0.15, -0.1) is 5.10 Å². The van der Waals surface area contributed by atoms with Gasteiger partial charge >= 0.3 is 0 Å². The van der Waals surface area contributed by atoms with Gasteiger partial charge in [0.25, 0.3) is 11.8 Å². The molecule has 2 heterocycles. The number of hydrogen-bond donors (Lipinski definition) is 1. The fraction of sp³-hybridized carbons (Fsp3) is 0.360. The van der Waals surface area contributed by atoms with Crippen molar-refractivity contribution >= 4 is 28.9 Å². The minimum atomic E-state index is -0.800. The van der Waals surface area contributed by atoms with Gasteiger partial charge < -0.3 is 15.0 Å². The van der Waals surface area contributed by atoms with Gasteiger partial charge in [0.2, 0.25) is 0 Å². The van der Waals surface area contributed by atoms with Crippen molar-refractivity contribution in [1.29, 1.82) is 0 Å². The molecule has 4 rings (SSSR count). The zero-order valence-electron chi connectivity index (χ0n) is 18.6. The van der Waals surface area contributed by atoms with Crippen molar-refractivity contribution in [2.75, 3.05) is 18.6 Å². The molecule has 2 aromatic rings. The van der Waals surface area contributed by atoms with Crippen molar-refractivity contribution in [2.45, 2.75) is 32.7 Å². The van der Waals surface area contributed by atoms with Crippen LogP contribution in [0.3, 0.4) is 0 Å². The highest BCUT2D eigenvalue weighted by molar-refractivity contribution is 6.39. The van der Waals surface area contributed by atoms with E-state index >= 15 is 0 Å². The van der Waals surface area contributed by atoms with Crippen molar-refractivity contribution in [3.05, 3.63) is 60.2 Å². The molecule has 0 fully saturated rings. The van der Waals surface area contributed by atoms with Crippen LogP contribution in [0.1, 0.15) is 25.8 Å². The molecule has 3 atom stereocenters. The van der Waals surface area contributed by atoms with E-state index < -0.39 is 6.04 Å². The Labute approximate surface area is 188 Å². The number of carbonyl (C=O) groups excluding carboxylic acids is 2. The molecule has 0 saturated carbocycles. The predicted octanol–water partition coefficient (Wildman–Crippen LogP) is 3.24. The molecule has 0 radical (unpaired) electrons. The Balaban J connectivity index is 1.49. The summed E-state index contributed by atoms with van der Waals surface area (Å²) < 4.78 is 5.79. The second-order valence-electron chi connectivity index (χ2n) is 8.47. The summed E-state index contributed by atoms with van der Waals surface area (Å²) in [5.74, 6) is 0.386. The van der Waals surface area contributed by atoms with Crippen LogP contribution in [0.25, 0.3) is 0 Å². The number of ether oxygens (including phenoxy) is 1. The molecule has 1 N–H and O–H groups in total. The minimum Gasteiger partial charge on any atom is -0.489 e. The lowest BCUT2D eigenvalue weighted by atomic mass is 9.85. The summed E-state index contributed by atoms with van der Waals surface area (Å²) in [6, 6.07) is 16.6. The molecular formula is C25H28N4O3. The van der Waals surface area contributed by atoms with Crippen LogP contribution in [-0.2, 0) is 16.0 Å². The number of benzene rings is 2. The van der Waals surface area contributed by atoms with Gasteiger partial charge in [-0.1, -0.05) is 56.3 Å². The van der Waals surface area contributed by atoms with Crippen LogP contribution in [0.5, 0.6) is 5.75 Å². The van der Waals surface area contributed by atoms with Crippen molar-refractivity contribution in [2.24, 2.45) is 22.0 Å². The molecule has 0 spiro atoms. The molecule has 2 aliphatic heterocycles. The van der Waals surface area contributed by atoms with E-state index in [0.717, 1.165) is 11.3 Å². The Morgan fingerprint density at radius 1 is 1.09 bits per heavy atom. The smallest absolute Gasteiger partial charge is 0.268 e. The van der Waals surface area contributed by atoms with Crippen LogP contribution < -0.4 is 15.0 Å². The first-order valence-electron chi connectivity index (χ1n) is 10.9. The van der Waals surface area contributed by atoms with E-state index in [9.17, 15) is 9.59 Å². The first-order valence-corrected chi connectivity index (χ1v) is 10.9. The van der Waals surface area contributed by atoms with Crippen LogP contribution in [0.4, 0.5) is 5.69 Å². The fourth-order valence-electron chi connectivity index (χ4n) is 4.00. The number of nitrogens with one attached hydrogen (secondary N) is 1. The van der Waals surface area contributed by atoms with Gasteiger partial charge in [0.1, 0.15) is 24.1 Å². The predicted molar refractivity (Wildman–Crippen MR) is 125 cm³/mol. The number of hydrogen-bond acceptors (Lipinski definition) is 5. The molecule has 7 nitrogen and oxygen atoms in total. The quantitative estimate of drug-likeness (QED) is 0.805. The zero-order chi connectivity index (χ0) is 22.7. The molecule has 7 heteroatoms. The summed E-state index contributed by atoms with van der Waals surface area (Å²) in [7, 11) is 1.68. The maximum absolute atomic E-state index is 13.0. The molecular weight excluding hydrogens is 404 g/mol. The van der Waals surface area contributed by atoms with E-state index in [-0.39, 0.29) is 30.3 Å². The van der Waals surface area contributed by atoms with Crippen molar-refractivity contribution in [1.82, 2.24) is 5.32 Å². The van der Waals surface area contributed by atoms with Gasteiger partial charge in [0.05, 0.1) is 5.69 Å². The second kappa shape index (κ2) is 9.34. The second-order valence-corrected chi connectivity index (χ2v) is 8.47. The molecule has 0 bridgehead atoms. The molecule has 32 heavy (non-hydrogen) atoms. The van der Waals surface area contributed by atoms with Crippen LogP contribution in [0.15, 0.2) is 64.8 Å². The minimum absolute atomic E-state index is 0.0632. The third-order valence-corrected chi connectivity index (χ3v) is 6.25. The summed E-state index contributed by atoms with van der Waals surface area (Å²) in [6.45, 7) is 4.29. The Kier molecular flexibility index (Phi) is 6.35. The summed E-state index contributed by atoms with van der Waals surface area (Å²) in [6.07, 6.45) is 1.19. The fourth-order valence-corrected chi connectivity index (χ4v) is 4.00. The normalized spacial score (nSPS) is 23.2. The summed E-state index contributed by atoms with van der Waals surface area (Å²) in [4.78, 5) is 27.5. The molecule has 1 unspecified atom stereocenters. The molecule has 0 saturated heterocycles. The first-order chi connectivity index (χ1) is 15.4. The average Bonchev–Trinajstić information content (AvgIpc) is 3.02. The van der Waals surface area contributed by atoms with Crippen molar-refractivity contribution in [3.8, 4) is 5.75 Å². The zero-order valence-corrected chi connectivity index (χ0v) is 18.6. The average molecular weight is 433 g/mol. The van der Waals surface area contributed by atoms with Gasteiger partial charge in [0, 0.05) is 25.6 Å². The summed E-state index contributed by atoms with van der Waals surface area (Å²) in [5.41, 5.74) is 3.14. The lowest BCUT2D eigenvalue weighted by Gasteiger charge is -2.21. The number of amides is 2. The van der Waals surface area contributed by atoms with E-state index in [1.54, 1.807) is 7.05 Å². The van der Waals surface area contributed by atoms with Gasteiger partial charge in [-0.2, -0.15) is 5.10 Å². The monoisotopic (exact) mass is 432 g/mol. The highest BCUT2D eigenvalue weighted by Crippen LogP contribution is 2.30. The molecule has 2 amide bonds. The van der Waals surface area contributed by atoms with Crippen LogP contribution in [0.2, 0.25) is 0 Å². The lowest BCUT2D eigenvalue weighted by molar-refractivity contribution is -0.124. The van der Waals surface area contributed by atoms with Gasteiger partial charge in [-0.3, -0.25) is 9.59 Å². The summed E-state index contributed by atoms with van der Waals surface area (Å²) >= 11 is 0. The topological polar surface area (TPSA) is 83.4 Å². The summed E-state index contributed by atoms with van der Waals surface area (Å²) in [5, 5.41) is 11.6. The lowest BCUT2D eigenvalue weighted by Crippen LogP contribution is -2.51. The van der Waals surface area contributed by atoms with E-state index in [1.165, 1.54) is 4.90 Å². The third-order valence-electron chi connectivity index (χ3n) is 6.25. The molecule has 0 aromatic heterocycles. The number of nitrogens with zero attached hydrogens (tertiary/aromatic N) is 3. The third kappa shape index (κ3) is 4.56. The number of fused-ring (bicyclic) bond motifs is 1. The number of anilines is 1. The van der Waals surface area contributed by atoms with Crippen LogP contribution >= 0.6 is 0 Å². The standard InChI is InChI=1S/C25H28N4O3/c1-16-13-20(28-27-19(17(16)2)14-18-9-5-4-6-10-18)24(30)26-21-15-32-23-12-8-7-11-22(23)29(3)25(21)31/h4-12,16-17,21H,13-15H2,1-3H3,(H,26,30)/t16-,17?,21+/m1/s1. The van der Waals surface area contributed by atoms with Crippen LogP contribution in [-0.4, -0.2) is 42.9 Å². The van der Waals surface area contributed by atoms with E-state index in [4.69, 9.17) is 4.74 Å². The van der Waals surface area contributed by atoms with Gasteiger partial charge in [-0.25, -0.2) is 0 Å². The molecule has 2 aromatic carbocycles. The first kappa shape index (κ1) is 21.7. The molecule has 2 aliphatic rings. The van der Waals surface area contributed by atoms with E-state index in [0.29, 0.717) is 30.0 Å². The SMILES string of the molecule is CC1C(Cc2ccccc2)=NN=C(C(=O)N[C@H]2COc3ccccc3N(C)C2=O)C[C@H]1C. The molecule has 166 valence electrons. The highest BCUT2D eigenvalue weighted by atomic mass is 16.5. The maximum Gasteiger partial charge on any atom is 0.268 e. The van der Waals surface area contributed by atoms with Crippen LogP contribution in [0, 0.1) is 11.8 Å². The number of rotatable bonds is 4. The maximum atomic E-state index is 13.0. The number of likely N-dealkylation sites (N-methyl/N-ethyl adjacent to an activating group) is 1. The Morgan fingerprint density at radius 2 is 1.81 bits per heavy atom. The Bertz CT molecular complexity index is 1060. The van der Waals surface area contributed by atoms with Crippen molar-refractivity contribution in [3.63, 3.8) is 0 Å². The van der Waals surface area contributed by atoms with Gasteiger partial charge in [0.15, 0.2) is 0 Å². The number of para-hydroxylation sites is 2. The van der Waals surface area contributed by atoms with E-state index in [2.05, 4.69) is 41.5 Å². The Hall–Kier alpha value is -3.48. The van der Waals surface area contributed by atoms with Crippen molar-refractivity contribution < 1.29 is 14.3 Å². The largest absolute Gasteiger partial charge is 0.489 e. The molecule has 0 aliphatic carbocycles.